The van der Waals surface area contributed by atoms with Crippen LogP contribution < -0.4 is 5.32 Å². The van der Waals surface area contributed by atoms with E-state index in [0.29, 0.717) is 11.3 Å². The van der Waals surface area contributed by atoms with Crippen LogP contribution in [-0.4, -0.2) is 37.9 Å². The van der Waals surface area contributed by atoms with Crippen LogP contribution in [0.2, 0.25) is 0 Å². The predicted molar refractivity (Wildman–Crippen MR) is 89.3 cm³/mol. The van der Waals surface area contributed by atoms with E-state index in [0.717, 1.165) is 6.26 Å². The molecule has 128 valence electrons. The van der Waals surface area contributed by atoms with Gasteiger partial charge in [0.1, 0.15) is 15.4 Å². The summed E-state index contributed by atoms with van der Waals surface area (Å²) in [4.78, 5) is 24.2. The van der Waals surface area contributed by atoms with Crippen LogP contribution in [0.5, 0.6) is 0 Å². The summed E-state index contributed by atoms with van der Waals surface area (Å²) in [6, 6.07) is 5.01. The normalized spacial score (nSPS) is 11.9. The number of rotatable bonds is 5. The zero-order valence-electron chi connectivity index (χ0n) is 14.1. The van der Waals surface area contributed by atoms with Crippen LogP contribution in [-0.2, 0) is 19.4 Å². The molecule has 23 heavy (non-hydrogen) atoms. The summed E-state index contributed by atoms with van der Waals surface area (Å²) in [5.74, 6) is -1.25. The molecule has 0 aromatic heterocycles. The van der Waals surface area contributed by atoms with Gasteiger partial charge in [-0.3, -0.25) is 4.79 Å². The Morgan fingerprint density at radius 3 is 2.35 bits per heavy atom. The van der Waals surface area contributed by atoms with Gasteiger partial charge in [0, 0.05) is 12.7 Å². The molecule has 6 nitrogen and oxygen atoms in total. The van der Waals surface area contributed by atoms with E-state index >= 15 is 0 Å². The highest BCUT2D eigenvalue weighted by Crippen LogP contribution is 2.23. The minimum absolute atomic E-state index is 0.166. The molecule has 1 amide bonds. The van der Waals surface area contributed by atoms with E-state index in [1.165, 1.54) is 0 Å². The van der Waals surface area contributed by atoms with Crippen molar-refractivity contribution in [2.24, 2.45) is 0 Å². The third-order valence-corrected chi connectivity index (χ3v) is 3.80. The molecule has 0 fully saturated rings. The SMILES string of the molecule is Cc1cccc(C(=O)OC(C)(C)C)c1NC(=O)CCS(C)(=O)=O. The lowest BCUT2D eigenvalue weighted by molar-refractivity contribution is -0.115. The largest absolute Gasteiger partial charge is 0.456 e. The summed E-state index contributed by atoms with van der Waals surface area (Å²) >= 11 is 0. The van der Waals surface area contributed by atoms with Crippen molar-refractivity contribution >= 4 is 27.4 Å². The first-order valence-electron chi connectivity index (χ1n) is 7.19. The monoisotopic (exact) mass is 341 g/mol. The van der Waals surface area contributed by atoms with E-state index in [1.807, 2.05) is 0 Å². The second-order valence-electron chi connectivity index (χ2n) is 6.43. The van der Waals surface area contributed by atoms with Crippen molar-refractivity contribution in [1.82, 2.24) is 0 Å². The zero-order valence-corrected chi connectivity index (χ0v) is 14.9. The number of hydrogen-bond acceptors (Lipinski definition) is 5. The lowest BCUT2D eigenvalue weighted by Gasteiger charge is -2.21. The van der Waals surface area contributed by atoms with Crippen molar-refractivity contribution in [1.29, 1.82) is 0 Å². The Morgan fingerprint density at radius 1 is 1.22 bits per heavy atom. The van der Waals surface area contributed by atoms with E-state index in [1.54, 1.807) is 45.9 Å². The number of amides is 1. The number of benzene rings is 1. The standard InChI is InChI=1S/C16H23NO5S/c1-11-7-6-8-12(15(19)22-16(2,3)4)14(11)17-13(18)9-10-23(5,20)21/h6-8H,9-10H2,1-5H3,(H,17,18). The molecular formula is C16H23NO5S. The van der Waals surface area contributed by atoms with Gasteiger partial charge in [-0.1, -0.05) is 12.1 Å². The van der Waals surface area contributed by atoms with Crippen LogP contribution in [0.1, 0.15) is 43.1 Å². The van der Waals surface area contributed by atoms with Gasteiger partial charge in [0.25, 0.3) is 0 Å². The number of carbonyl (C=O) groups is 2. The van der Waals surface area contributed by atoms with Gasteiger partial charge in [0.05, 0.1) is 17.0 Å². The number of nitrogens with one attached hydrogen (secondary N) is 1. The zero-order chi connectivity index (χ0) is 17.8. The number of para-hydroxylation sites is 1. The molecular weight excluding hydrogens is 318 g/mol. The van der Waals surface area contributed by atoms with Gasteiger partial charge >= 0.3 is 5.97 Å². The Labute approximate surface area is 137 Å². The summed E-state index contributed by atoms with van der Waals surface area (Å²) in [6.07, 6.45) is 0.904. The molecule has 0 aliphatic rings. The summed E-state index contributed by atoms with van der Waals surface area (Å²) in [5, 5.41) is 2.61. The molecule has 1 aromatic carbocycles. The molecule has 1 rings (SSSR count). The molecule has 0 aliphatic heterocycles. The minimum Gasteiger partial charge on any atom is -0.456 e. The number of carbonyl (C=O) groups excluding carboxylic acids is 2. The Hall–Kier alpha value is -1.89. The molecule has 0 bridgehead atoms. The van der Waals surface area contributed by atoms with E-state index < -0.39 is 27.3 Å². The Kier molecular flexibility index (Phi) is 5.93. The molecule has 0 heterocycles. The fourth-order valence-corrected chi connectivity index (χ4v) is 2.37. The Bertz CT molecular complexity index is 702. The topological polar surface area (TPSA) is 89.5 Å². The van der Waals surface area contributed by atoms with Gasteiger partial charge in [-0.2, -0.15) is 0 Å². The third kappa shape index (κ3) is 6.81. The maximum absolute atomic E-state index is 12.3. The molecule has 0 saturated carbocycles. The van der Waals surface area contributed by atoms with Crippen LogP contribution in [0.15, 0.2) is 18.2 Å². The van der Waals surface area contributed by atoms with Gasteiger partial charge in [0.2, 0.25) is 5.91 Å². The predicted octanol–water partition coefficient (Wildman–Crippen LogP) is 2.32. The van der Waals surface area contributed by atoms with Gasteiger partial charge in [-0.25, -0.2) is 13.2 Å². The van der Waals surface area contributed by atoms with Gasteiger partial charge < -0.3 is 10.1 Å². The van der Waals surface area contributed by atoms with E-state index in [4.69, 9.17) is 4.74 Å². The molecule has 0 saturated heterocycles. The molecule has 1 N–H and O–H groups in total. The molecule has 0 aliphatic carbocycles. The molecule has 0 spiro atoms. The Balaban J connectivity index is 2.98. The number of anilines is 1. The molecule has 7 heteroatoms. The number of ether oxygens (including phenoxy) is 1. The Morgan fingerprint density at radius 2 is 1.83 bits per heavy atom. The highest BCUT2D eigenvalue weighted by molar-refractivity contribution is 7.90. The van der Waals surface area contributed by atoms with Crippen LogP contribution in [0.3, 0.4) is 0 Å². The number of aryl methyl sites for hydroxylation is 1. The first-order valence-corrected chi connectivity index (χ1v) is 9.25. The van der Waals surface area contributed by atoms with Crippen LogP contribution in [0, 0.1) is 6.92 Å². The second-order valence-corrected chi connectivity index (χ2v) is 8.69. The third-order valence-electron chi connectivity index (χ3n) is 2.86. The first-order chi connectivity index (χ1) is 10.4. The number of esters is 1. The quantitative estimate of drug-likeness (QED) is 0.830. The van der Waals surface area contributed by atoms with Crippen molar-refractivity contribution < 1.29 is 22.7 Å². The van der Waals surface area contributed by atoms with Crippen molar-refractivity contribution in [3.63, 3.8) is 0 Å². The second kappa shape index (κ2) is 7.12. The maximum atomic E-state index is 12.3. The van der Waals surface area contributed by atoms with E-state index in [9.17, 15) is 18.0 Å². The summed E-state index contributed by atoms with van der Waals surface area (Å²) in [7, 11) is -3.22. The van der Waals surface area contributed by atoms with E-state index in [2.05, 4.69) is 5.32 Å². The fourth-order valence-electron chi connectivity index (χ4n) is 1.82. The average molecular weight is 341 g/mol. The summed E-state index contributed by atoms with van der Waals surface area (Å²) in [5.41, 5.74) is 0.632. The fraction of sp³-hybridized carbons (Fsp3) is 0.500. The summed E-state index contributed by atoms with van der Waals surface area (Å²) in [6.45, 7) is 7.02. The van der Waals surface area contributed by atoms with Crippen LogP contribution in [0.4, 0.5) is 5.69 Å². The first kappa shape index (κ1) is 19.2. The summed E-state index contributed by atoms with van der Waals surface area (Å²) < 4.78 is 27.6. The smallest absolute Gasteiger partial charge is 0.340 e. The van der Waals surface area contributed by atoms with Crippen molar-refractivity contribution in [2.75, 3.05) is 17.3 Å². The molecule has 0 unspecified atom stereocenters. The van der Waals surface area contributed by atoms with Crippen molar-refractivity contribution in [3.05, 3.63) is 29.3 Å². The lowest BCUT2D eigenvalue weighted by atomic mass is 10.1. The highest BCUT2D eigenvalue weighted by Gasteiger charge is 2.22. The molecule has 1 aromatic rings. The van der Waals surface area contributed by atoms with Crippen LogP contribution >= 0.6 is 0 Å². The van der Waals surface area contributed by atoms with Crippen molar-refractivity contribution in [3.8, 4) is 0 Å². The average Bonchev–Trinajstić information content (AvgIpc) is 2.36. The van der Waals surface area contributed by atoms with Gasteiger partial charge in [0.15, 0.2) is 0 Å². The number of hydrogen-bond donors (Lipinski definition) is 1. The number of sulfone groups is 1. The molecule has 0 radical (unpaired) electrons. The molecule has 0 atom stereocenters. The van der Waals surface area contributed by atoms with Gasteiger partial charge in [-0.05, 0) is 39.3 Å². The highest BCUT2D eigenvalue weighted by atomic mass is 32.2. The van der Waals surface area contributed by atoms with Crippen LogP contribution in [0.25, 0.3) is 0 Å². The van der Waals surface area contributed by atoms with Gasteiger partial charge in [-0.15, -0.1) is 0 Å². The minimum atomic E-state index is -3.22. The van der Waals surface area contributed by atoms with Crippen molar-refractivity contribution in [2.45, 2.75) is 39.7 Å². The maximum Gasteiger partial charge on any atom is 0.340 e. The lowest BCUT2D eigenvalue weighted by Crippen LogP contribution is -2.25. The van der Waals surface area contributed by atoms with E-state index in [-0.39, 0.29) is 17.7 Å².